The lowest BCUT2D eigenvalue weighted by Crippen LogP contribution is -2.63. The number of aromatic nitrogens is 1. The number of hydrogen-bond donors (Lipinski definition) is 2. The summed E-state index contributed by atoms with van der Waals surface area (Å²) < 4.78 is 0. The van der Waals surface area contributed by atoms with E-state index in [1.54, 1.807) is 6.07 Å². The summed E-state index contributed by atoms with van der Waals surface area (Å²) in [6.07, 6.45) is 0. The van der Waals surface area contributed by atoms with Gasteiger partial charge in [-0.05, 0) is 6.07 Å². The molecule has 0 bridgehead atoms. The minimum absolute atomic E-state index is 0.0276. The number of H-pyrrole nitrogens is 1. The van der Waals surface area contributed by atoms with Gasteiger partial charge in [-0.25, -0.2) is 0 Å². The molecule has 7 heteroatoms. The zero-order chi connectivity index (χ0) is 13.4. The molecule has 1 aromatic heterocycles. The zero-order valence-electron chi connectivity index (χ0n) is 10.5. The van der Waals surface area contributed by atoms with Gasteiger partial charge < -0.3 is 15.2 Å². The number of carbonyl (C=O) groups is 1. The van der Waals surface area contributed by atoms with Gasteiger partial charge in [-0.15, -0.1) is 0 Å². The second kappa shape index (κ2) is 5.32. The van der Waals surface area contributed by atoms with Gasteiger partial charge in [0.1, 0.15) is 10.8 Å². The molecule has 2 fully saturated rings. The van der Waals surface area contributed by atoms with Crippen molar-refractivity contribution in [3.63, 3.8) is 0 Å². The van der Waals surface area contributed by atoms with Crippen molar-refractivity contribution in [3.8, 4) is 0 Å². The van der Waals surface area contributed by atoms with E-state index in [0.29, 0.717) is 21.9 Å². The number of hydrogen-bond acceptors (Lipinski definition) is 3. The van der Waals surface area contributed by atoms with E-state index < -0.39 is 0 Å². The quantitative estimate of drug-likeness (QED) is 0.859. The average Bonchev–Trinajstić information content (AvgIpc) is 2.69. The van der Waals surface area contributed by atoms with Crippen molar-refractivity contribution in [2.24, 2.45) is 0 Å². The Morgan fingerprint density at radius 2 is 1.95 bits per heavy atom. The molecule has 2 aliphatic rings. The summed E-state index contributed by atoms with van der Waals surface area (Å²) in [5.41, 5.74) is 0.466. The summed E-state index contributed by atoms with van der Waals surface area (Å²) in [5, 5.41) is 4.05. The molecule has 0 spiro atoms. The van der Waals surface area contributed by atoms with Crippen molar-refractivity contribution < 1.29 is 4.79 Å². The van der Waals surface area contributed by atoms with Gasteiger partial charge in [-0.2, -0.15) is 0 Å². The van der Waals surface area contributed by atoms with Crippen LogP contribution in [-0.2, 0) is 0 Å². The first-order valence-electron chi connectivity index (χ1n) is 6.43. The zero-order valence-corrected chi connectivity index (χ0v) is 12.0. The third kappa shape index (κ3) is 2.60. The predicted molar refractivity (Wildman–Crippen MR) is 74.9 cm³/mol. The molecule has 1 amide bonds. The largest absolute Gasteiger partial charge is 0.340 e. The normalized spacial score (nSPS) is 21.5. The molecular formula is C12H16Cl2N4O. The van der Waals surface area contributed by atoms with Crippen LogP contribution in [0.2, 0.25) is 10.2 Å². The molecule has 0 saturated carbocycles. The second-order valence-corrected chi connectivity index (χ2v) is 5.78. The fraction of sp³-hybridized carbons (Fsp3) is 0.583. The molecule has 3 heterocycles. The Bertz CT molecular complexity index is 459. The minimum Gasteiger partial charge on any atom is -0.340 e. The molecule has 0 radical (unpaired) electrons. The van der Waals surface area contributed by atoms with Crippen LogP contribution in [-0.4, -0.2) is 66.0 Å². The number of carbonyl (C=O) groups excluding carboxylic acids is 1. The lowest BCUT2D eigenvalue weighted by molar-refractivity contribution is 0.0223. The topological polar surface area (TPSA) is 51.4 Å². The highest BCUT2D eigenvalue weighted by atomic mass is 35.5. The third-order valence-electron chi connectivity index (χ3n) is 3.77. The maximum atomic E-state index is 12.2. The van der Waals surface area contributed by atoms with Crippen LogP contribution < -0.4 is 5.32 Å². The molecule has 3 rings (SSSR count). The number of halogens is 2. The van der Waals surface area contributed by atoms with Gasteiger partial charge in [0, 0.05) is 45.3 Å². The monoisotopic (exact) mass is 302 g/mol. The van der Waals surface area contributed by atoms with Crippen LogP contribution in [0, 0.1) is 0 Å². The van der Waals surface area contributed by atoms with Gasteiger partial charge in [-0.1, -0.05) is 23.2 Å². The standard InChI is InChI=1S/C12H16Cl2N4O/c13-9-5-10(16-11(9)14)12(19)18-6-8(7-18)17-3-1-15-2-4-17/h5,8,15-16H,1-4,6-7H2. The molecular weight excluding hydrogens is 287 g/mol. The van der Waals surface area contributed by atoms with Crippen molar-refractivity contribution in [1.82, 2.24) is 20.1 Å². The summed E-state index contributed by atoms with van der Waals surface area (Å²) in [6, 6.07) is 2.08. The highest BCUT2D eigenvalue weighted by Gasteiger charge is 2.36. The van der Waals surface area contributed by atoms with Crippen molar-refractivity contribution >= 4 is 29.1 Å². The van der Waals surface area contributed by atoms with Crippen molar-refractivity contribution in [2.45, 2.75) is 6.04 Å². The first kappa shape index (κ1) is 13.2. The van der Waals surface area contributed by atoms with Gasteiger partial charge in [0.2, 0.25) is 0 Å². The van der Waals surface area contributed by atoms with Gasteiger partial charge in [0.15, 0.2) is 0 Å². The van der Waals surface area contributed by atoms with E-state index >= 15 is 0 Å². The molecule has 0 atom stereocenters. The third-order valence-corrected chi connectivity index (χ3v) is 4.47. The predicted octanol–water partition coefficient (Wildman–Crippen LogP) is 1.05. The Morgan fingerprint density at radius 1 is 1.26 bits per heavy atom. The number of aromatic amines is 1. The Balaban J connectivity index is 1.56. The van der Waals surface area contributed by atoms with Crippen LogP contribution in [0.4, 0.5) is 0 Å². The van der Waals surface area contributed by atoms with E-state index in [-0.39, 0.29) is 5.91 Å². The van der Waals surface area contributed by atoms with Crippen LogP contribution in [0.15, 0.2) is 6.07 Å². The second-order valence-electron chi connectivity index (χ2n) is 4.99. The van der Waals surface area contributed by atoms with E-state index in [2.05, 4.69) is 15.2 Å². The van der Waals surface area contributed by atoms with Gasteiger partial charge in [0.25, 0.3) is 5.91 Å². The molecule has 2 saturated heterocycles. The van der Waals surface area contributed by atoms with E-state index in [4.69, 9.17) is 23.2 Å². The Labute approximate surface area is 121 Å². The summed E-state index contributed by atoms with van der Waals surface area (Å²) in [6.45, 7) is 5.76. The van der Waals surface area contributed by atoms with E-state index in [1.807, 2.05) is 4.90 Å². The number of amides is 1. The van der Waals surface area contributed by atoms with E-state index in [1.165, 1.54) is 0 Å². The average molecular weight is 303 g/mol. The Hall–Kier alpha value is -0.750. The maximum Gasteiger partial charge on any atom is 0.270 e. The molecule has 0 unspecified atom stereocenters. The SMILES string of the molecule is O=C(c1cc(Cl)c(Cl)[nH]1)N1CC(N2CCNCC2)C1. The highest BCUT2D eigenvalue weighted by Crippen LogP contribution is 2.24. The smallest absolute Gasteiger partial charge is 0.270 e. The lowest BCUT2D eigenvalue weighted by Gasteiger charge is -2.46. The molecule has 19 heavy (non-hydrogen) atoms. The number of rotatable bonds is 2. The molecule has 1 aromatic rings. The summed E-state index contributed by atoms with van der Waals surface area (Å²) in [5.74, 6) is -0.0276. The molecule has 5 nitrogen and oxygen atoms in total. The van der Waals surface area contributed by atoms with E-state index in [9.17, 15) is 4.79 Å². The van der Waals surface area contributed by atoms with Crippen LogP contribution >= 0.6 is 23.2 Å². The van der Waals surface area contributed by atoms with Crippen LogP contribution in [0.25, 0.3) is 0 Å². The van der Waals surface area contributed by atoms with Crippen LogP contribution in [0.3, 0.4) is 0 Å². The first-order valence-corrected chi connectivity index (χ1v) is 7.19. The molecule has 0 aliphatic carbocycles. The Kier molecular flexibility index (Phi) is 3.71. The lowest BCUT2D eigenvalue weighted by atomic mass is 10.1. The fourth-order valence-electron chi connectivity index (χ4n) is 2.59. The van der Waals surface area contributed by atoms with Gasteiger partial charge in [0.05, 0.1) is 5.02 Å². The fourth-order valence-corrected chi connectivity index (χ4v) is 2.90. The molecule has 2 N–H and O–H groups in total. The maximum absolute atomic E-state index is 12.2. The number of nitrogens with one attached hydrogen (secondary N) is 2. The minimum atomic E-state index is -0.0276. The van der Waals surface area contributed by atoms with Crippen molar-refractivity contribution in [3.05, 3.63) is 21.9 Å². The number of likely N-dealkylation sites (tertiary alicyclic amines) is 1. The summed E-state index contributed by atoms with van der Waals surface area (Å²) in [4.78, 5) is 19.2. The number of piperazine rings is 1. The molecule has 2 aliphatic heterocycles. The van der Waals surface area contributed by atoms with Gasteiger partial charge in [-0.3, -0.25) is 9.69 Å². The Morgan fingerprint density at radius 3 is 2.53 bits per heavy atom. The van der Waals surface area contributed by atoms with Crippen molar-refractivity contribution in [2.75, 3.05) is 39.3 Å². The molecule has 104 valence electrons. The number of nitrogens with zero attached hydrogens (tertiary/aromatic N) is 2. The van der Waals surface area contributed by atoms with Crippen LogP contribution in [0.5, 0.6) is 0 Å². The van der Waals surface area contributed by atoms with Crippen molar-refractivity contribution in [1.29, 1.82) is 0 Å². The van der Waals surface area contributed by atoms with Gasteiger partial charge >= 0.3 is 0 Å². The summed E-state index contributed by atoms with van der Waals surface area (Å²) in [7, 11) is 0. The van der Waals surface area contributed by atoms with Crippen LogP contribution in [0.1, 0.15) is 10.5 Å². The summed E-state index contributed by atoms with van der Waals surface area (Å²) >= 11 is 11.7. The van der Waals surface area contributed by atoms with E-state index in [0.717, 1.165) is 39.3 Å². The molecule has 0 aromatic carbocycles. The highest BCUT2D eigenvalue weighted by molar-refractivity contribution is 6.41. The first-order chi connectivity index (χ1) is 9.15.